The van der Waals surface area contributed by atoms with E-state index in [0.717, 1.165) is 0 Å². The van der Waals surface area contributed by atoms with Gasteiger partial charge in [-0.2, -0.15) is 5.10 Å². The fourth-order valence-corrected chi connectivity index (χ4v) is 1.32. The molecule has 1 fully saturated rings. The number of esters is 1. The van der Waals surface area contributed by atoms with Crippen LogP contribution in [-0.2, 0) is 9.53 Å². The monoisotopic (exact) mass is 235 g/mol. The minimum Gasteiger partial charge on any atom is -0.461 e. The standard InChI is InChI=1S/C10H9N3O4/c14-10-9(5-6-17-10)12-11-7-1-3-8(4-2-7)13(15)16/h1-4,11H,5-6H2/b12-9+. The van der Waals surface area contributed by atoms with Gasteiger partial charge in [0.1, 0.15) is 5.71 Å². The van der Waals surface area contributed by atoms with E-state index >= 15 is 0 Å². The van der Waals surface area contributed by atoms with Crippen LogP contribution in [0.1, 0.15) is 6.42 Å². The lowest BCUT2D eigenvalue weighted by molar-refractivity contribution is -0.384. The minimum absolute atomic E-state index is 0.00322. The maximum atomic E-state index is 11.1. The molecule has 1 aliphatic heterocycles. The van der Waals surface area contributed by atoms with Crippen molar-refractivity contribution in [2.45, 2.75) is 6.42 Å². The molecule has 0 unspecified atom stereocenters. The number of benzene rings is 1. The van der Waals surface area contributed by atoms with Gasteiger partial charge in [-0.15, -0.1) is 0 Å². The van der Waals surface area contributed by atoms with E-state index in [1.54, 1.807) is 0 Å². The number of nitro groups is 1. The lowest BCUT2D eigenvalue weighted by Crippen LogP contribution is -2.08. The maximum absolute atomic E-state index is 11.1. The molecule has 1 N–H and O–H groups in total. The summed E-state index contributed by atoms with van der Waals surface area (Å²) in [4.78, 5) is 21.0. The Kier molecular flexibility index (Phi) is 2.99. The number of non-ortho nitro benzene ring substituents is 1. The first-order chi connectivity index (χ1) is 8.16. The summed E-state index contributed by atoms with van der Waals surface area (Å²) in [5.74, 6) is -0.431. The average molecular weight is 235 g/mol. The van der Waals surface area contributed by atoms with Crippen molar-refractivity contribution in [3.05, 3.63) is 34.4 Å². The number of ether oxygens (including phenoxy) is 1. The molecule has 0 saturated carbocycles. The molecule has 0 aliphatic carbocycles. The van der Waals surface area contributed by atoms with Crippen LogP contribution < -0.4 is 5.43 Å². The summed E-state index contributed by atoms with van der Waals surface area (Å²) in [7, 11) is 0. The molecule has 2 rings (SSSR count). The third-order valence-electron chi connectivity index (χ3n) is 2.21. The molecule has 1 heterocycles. The van der Waals surface area contributed by atoms with Gasteiger partial charge in [-0.05, 0) is 12.1 Å². The van der Waals surface area contributed by atoms with Crippen LogP contribution in [0.5, 0.6) is 0 Å². The lowest BCUT2D eigenvalue weighted by atomic mass is 10.3. The number of cyclic esters (lactones) is 1. The molecule has 1 aromatic carbocycles. The van der Waals surface area contributed by atoms with Crippen molar-refractivity contribution in [2.75, 3.05) is 12.0 Å². The third-order valence-corrected chi connectivity index (χ3v) is 2.21. The number of hydrogen-bond donors (Lipinski definition) is 1. The Morgan fingerprint density at radius 1 is 1.35 bits per heavy atom. The molecule has 0 atom stereocenters. The Morgan fingerprint density at radius 2 is 2.06 bits per heavy atom. The van der Waals surface area contributed by atoms with Crippen LogP contribution in [0.15, 0.2) is 29.4 Å². The summed E-state index contributed by atoms with van der Waals surface area (Å²) >= 11 is 0. The first-order valence-electron chi connectivity index (χ1n) is 4.91. The second kappa shape index (κ2) is 4.60. The Balaban J connectivity index is 2.04. The summed E-state index contributed by atoms with van der Waals surface area (Å²) in [6.07, 6.45) is 0.471. The van der Waals surface area contributed by atoms with Gasteiger partial charge >= 0.3 is 5.97 Å². The molecule has 0 bridgehead atoms. The predicted octanol–water partition coefficient (Wildman–Crippen LogP) is 1.31. The average Bonchev–Trinajstić information content (AvgIpc) is 2.73. The van der Waals surface area contributed by atoms with Gasteiger partial charge in [-0.1, -0.05) is 0 Å². The number of nitrogens with one attached hydrogen (secondary N) is 1. The van der Waals surface area contributed by atoms with E-state index in [1.165, 1.54) is 24.3 Å². The molecular weight excluding hydrogens is 226 g/mol. The number of hydrazone groups is 1. The SMILES string of the molecule is O=C1OCC/C1=N\Nc1ccc([N+](=O)[O-])cc1. The molecule has 7 heteroatoms. The first kappa shape index (κ1) is 11.1. The molecule has 1 aromatic rings. The van der Waals surface area contributed by atoms with E-state index in [4.69, 9.17) is 4.74 Å². The highest BCUT2D eigenvalue weighted by atomic mass is 16.6. The summed E-state index contributed by atoms with van der Waals surface area (Å²) < 4.78 is 4.71. The maximum Gasteiger partial charge on any atom is 0.354 e. The zero-order chi connectivity index (χ0) is 12.3. The van der Waals surface area contributed by atoms with Gasteiger partial charge in [0.05, 0.1) is 17.2 Å². The molecule has 1 saturated heterocycles. The van der Waals surface area contributed by atoms with Crippen LogP contribution in [0.4, 0.5) is 11.4 Å². The van der Waals surface area contributed by atoms with Gasteiger partial charge in [0.25, 0.3) is 5.69 Å². The van der Waals surface area contributed by atoms with E-state index in [-0.39, 0.29) is 5.69 Å². The summed E-state index contributed by atoms with van der Waals surface area (Å²) in [5.41, 5.74) is 3.55. The number of nitro benzene ring substituents is 1. The van der Waals surface area contributed by atoms with Gasteiger partial charge in [0, 0.05) is 18.6 Å². The van der Waals surface area contributed by atoms with E-state index in [1.807, 2.05) is 0 Å². The number of carbonyl (C=O) groups is 1. The largest absolute Gasteiger partial charge is 0.461 e. The van der Waals surface area contributed by atoms with Crippen LogP contribution in [0, 0.1) is 10.1 Å². The van der Waals surface area contributed by atoms with Crippen LogP contribution in [-0.4, -0.2) is 23.2 Å². The van der Waals surface area contributed by atoms with Crippen molar-refractivity contribution in [1.29, 1.82) is 0 Å². The predicted molar refractivity (Wildman–Crippen MR) is 59.7 cm³/mol. The zero-order valence-corrected chi connectivity index (χ0v) is 8.75. The second-order valence-electron chi connectivity index (χ2n) is 3.36. The Morgan fingerprint density at radius 3 is 2.59 bits per heavy atom. The van der Waals surface area contributed by atoms with Gasteiger partial charge in [0.2, 0.25) is 0 Å². The van der Waals surface area contributed by atoms with Crippen molar-refractivity contribution in [1.82, 2.24) is 0 Å². The Bertz CT molecular complexity index is 481. The molecule has 17 heavy (non-hydrogen) atoms. The molecular formula is C10H9N3O4. The third kappa shape index (κ3) is 2.57. The first-order valence-corrected chi connectivity index (χ1v) is 4.91. The lowest BCUT2D eigenvalue weighted by Gasteiger charge is -1.99. The summed E-state index contributed by atoms with van der Waals surface area (Å²) in [5, 5.41) is 14.3. The number of carbonyl (C=O) groups excluding carboxylic acids is 1. The molecule has 0 aromatic heterocycles. The van der Waals surface area contributed by atoms with Gasteiger partial charge < -0.3 is 4.74 Å². The molecule has 0 spiro atoms. The van der Waals surface area contributed by atoms with Crippen molar-refractivity contribution < 1.29 is 14.5 Å². The number of hydrogen-bond acceptors (Lipinski definition) is 6. The van der Waals surface area contributed by atoms with Crippen molar-refractivity contribution in [3.63, 3.8) is 0 Å². The van der Waals surface area contributed by atoms with E-state index in [9.17, 15) is 14.9 Å². The van der Waals surface area contributed by atoms with Crippen LogP contribution in [0.2, 0.25) is 0 Å². The minimum atomic E-state index is -0.482. The van der Waals surface area contributed by atoms with Crippen molar-refractivity contribution in [3.8, 4) is 0 Å². The van der Waals surface area contributed by atoms with Gasteiger partial charge in [0.15, 0.2) is 0 Å². The number of nitrogens with zero attached hydrogens (tertiary/aromatic N) is 2. The normalized spacial score (nSPS) is 16.9. The highest BCUT2D eigenvalue weighted by Gasteiger charge is 2.20. The smallest absolute Gasteiger partial charge is 0.354 e. The summed E-state index contributed by atoms with van der Waals surface area (Å²) in [6.45, 7) is 0.347. The molecule has 88 valence electrons. The highest BCUT2D eigenvalue weighted by molar-refractivity contribution is 6.38. The van der Waals surface area contributed by atoms with Gasteiger partial charge in [-0.3, -0.25) is 15.5 Å². The zero-order valence-electron chi connectivity index (χ0n) is 8.75. The van der Waals surface area contributed by atoms with Crippen molar-refractivity contribution >= 4 is 23.1 Å². The number of rotatable bonds is 3. The fourth-order valence-electron chi connectivity index (χ4n) is 1.32. The van der Waals surface area contributed by atoms with Crippen molar-refractivity contribution in [2.24, 2.45) is 5.10 Å². The molecule has 0 radical (unpaired) electrons. The van der Waals surface area contributed by atoms with Crippen LogP contribution in [0.3, 0.4) is 0 Å². The topological polar surface area (TPSA) is 93.8 Å². The number of anilines is 1. The Hall–Kier alpha value is -2.44. The van der Waals surface area contributed by atoms with E-state index < -0.39 is 10.9 Å². The van der Waals surface area contributed by atoms with Crippen LogP contribution in [0.25, 0.3) is 0 Å². The Labute approximate surface area is 96.2 Å². The van der Waals surface area contributed by atoms with E-state index in [2.05, 4.69) is 10.5 Å². The summed E-state index contributed by atoms with van der Waals surface area (Å²) in [6, 6.07) is 5.75. The molecule has 7 nitrogen and oxygen atoms in total. The quantitative estimate of drug-likeness (QED) is 0.484. The van der Waals surface area contributed by atoms with Gasteiger partial charge in [-0.25, -0.2) is 4.79 Å². The fraction of sp³-hybridized carbons (Fsp3) is 0.200. The molecule has 1 aliphatic rings. The molecule has 0 amide bonds. The second-order valence-corrected chi connectivity index (χ2v) is 3.36. The van der Waals surface area contributed by atoms with E-state index in [0.29, 0.717) is 24.4 Å². The highest BCUT2D eigenvalue weighted by Crippen LogP contribution is 2.15. The van der Waals surface area contributed by atoms with Crippen LogP contribution >= 0.6 is 0 Å².